The molecule has 0 aliphatic heterocycles. The van der Waals surface area contributed by atoms with E-state index in [-0.39, 0.29) is 5.82 Å². The summed E-state index contributed by atoms with van der Waals surface area (Å²) < 4.78 is 17.7. The second kappa shape index (κ2) is 3.21. The highest BCUT2D eigenvalue weighted by Crippen LogP contribution is 2.20. The van der Waals surface area contributed by atoms with Crippen LogP contribution in [-0.2, 0) is 0 Å². The van der Waals surface area contributed by atoms with Gasteiger partial charge < -0.3 is 4.52 Å². The van der Waals surface area contributed by atoms with E-state index < -0.39 is 0 Å². The number of hydrogen-bond donors (Lipinski definition) is 0. The van der Waals surface area contributed by atoms with Crippen molar-refractivity contribution in [2.75, 3.05) is 0 Å². The van der Waals surface area contributed by atoms with E-state index >= 15 is 0 Å². The molecule has 4 heteroatoms. The van der Waals surface area contributed by atoms with Crippen molar-refractivity contribution in [2.45, 2.75) is 13.8 Å². The molecule has 2 aromatic rings. The van der Waals surface area contributed by atoms with Crippen LogP contribution in [0.15, 0.2) is 22.7 Å². The first-order valence-corrected chi connectivity index (χ1v) is 4.23. The molecule has 0 aliphatic rings. The van der Waals surface area contributed by atoms with E-state index in [2.05, 4.69) is 10.1 Å². The Morgan fingerprint density at radius 2 is 2.07 bits per heavy atom. The molecule has 0 radical (unpaired) electrons. The zero-order chi connectivity index (χ0) is 10.1. The highest BCUT2D eigenvalue weighted by Gasteiger charge is 2.08. The smallest absolute Gasteiger partial charge is 0.223 e. The Bertz CT molecular complexity index is 465. The lowest BCUT2D eigenvalue weighted by molar-refractivity contribution is 0.394. The average molecular weight is 192 g/mol. The Kier molecular flexibility index (Phi) is 2.04. The second-order valence-corrected chi connectivity index (χ2v) is 3.10. The molecule has 0 spiro atoms. The SMILES string of the molecule is Cc1nc(-c2ccc(F)cc2C)no1. The van der Waals surface area contributed by atoms with E-state index in [9.17, 15) is 4.39 Å². The standard InChI is InChI=1S/C10H9FN2O/c1-6-5-8(11)3-4-9(6)10-12-7(2)14-13-10/h3-5H,1-2H3. The van der Waals surface area contributed by atoms with Gasteiger partial charge in [-0.15, -0.1) is 0 Å². The van der Waals surface area contributed by atoms with Gasteiger partial charge in [0.25, 0.3) is 0 Å². The number of nitrogens with zero attached hydrogens (tertiary/aromatic N) is 2. The highest BCUT2D eigenvalue weighted by atomic mass is 19.1. The van der Waals surface area contributed by atoms with Crippen LogP contribution in [0.5, 0.6) is 0 Å². The summed E-state index contributed by atoms with van der Waals surface area (Å²) in [5, 5.41) is 3.77. The average Bonchev–Trinajstić information content (AvgIpc) is 2.51. The van der Waals surface area contributed by atoms with E-state index in [1.165, 1.54) is 12.1 Å². The first-order chi connectivity index (χ1) is 6.66. The van der Waals surface area contributed by atoms with Gasteiger partial charge in [0.1, 0.15) is 5.82 Å². The molecular weight excluding hydrogens is 183 g/mol. The third kappa shape index (κ3) is 1.51. The van der Waals surface area contributed by atoms with E-state index in [0.717, 1.165) is 11.1 Å². The summed E-state index contributed by atoms with van der Waals surface area (Å²) >= 11 is 0. The van der Waals surface area contributed by atoms with Crippen LogP contribution in [0.1, 0.15) is 11.5 Å². The first-order valence-electron chi connectivity index (χ1n) is 4.23. The number of hydrogen-bond acceptors (Lipinski definition) is 3. The first kappa shape index (κ1) is 8.87. The van der Waals surface area contributed by atoms with Crippen molar-refractivity contribution in [1.29, 1.82) is 0 Å². The Labute approximate surface area is 80.6 Å². The van der Waals surface area contributed by atoms with Crippen molar-refractivity contribution in [1.82, 2.24) is 10.1 Å². The summed E-state index contributed by atoms with van der Waals surface area (Å²) in [4.78, 5) is 4.07. The van der Waals surface area contributed by atoms with Crippen LogP contribution in [0.4, 0.5) is 4.39 Å². The van der Waals surface area contributed by atoms with Crippen LogP contribution in [0.25, 0.3) is 11.4 Å². The van der Waals surface area contributed by atoms with Crippen LogP contribution in [-0.4, -0.2) is 10.1 Å². The quantitative estimate of drug-likeness (QED) is 0.696. The van der Waals surface area contributed by atoms with Crippen molar-refractivity contribution in [3.63, 3.8) is 0 Å². The molecule has 14 heavy (non-hydrogen) atoms. The molecule has 0 atom stereocenters. The molecule has 1 aromatic heterocycles. The fourth-order valence-electron chi connectivity index (χ4n) is 1.29. The number of aromatic nitrogens is 2. The number of halogens is 1. The van der Waals surface area contributed by atoms with Crippen molar-refractivity contribution in [3.05, 3.63) is 35.5 Å². The minimum Gasteiger partial charge on any atom is -0.339 e. The Balaban J connectivity index is 2.52. The molecule has 0 fully saturated rings. The molecule has 0 saturated heterocycles. The number of aryl methyl sites for hydroxylation is 2. The number of benzene rings is 1. The van der Waals surface area contributed by atoms with Crippen molar-refractivity contribution < 1.29 is 8.91 Å². The maximum atomic E-state index is 12.8. The Morgan fingerprint density at radius 1 is 1.29 bits per heavy atom. The maximum Gasteiger partial charge on any atom is 0.223 e. The van der Waals surface area contributed by atoms with Gasteiger partial charge in [-0.1, -0.05) is 5.16 Å². The van der Waals surface area contributed by atoms with Gasteiger partial charge in [-0.2, -0.15) is 4.98 Å². The van der Waals surface area contributed by atoms with Crippen LogP contribution in [0, 0.1) is 19.7 Å². The Morgan fingerprint density at radius 3 is 2.64 bits per heavy atom. The second-order valence-electron chi connectivity index (χ2n) is 3.10. The fraction of sp³-hybridized carbons (Fsp3) is 0.200. The molecule has 0 N–H and O–H groups in total. The van der Waals surface area contributed by atoms with Crippen molar-refractivity contribution >= 4 is 0 Å². The normalized spacial score (nSPS) is 10.5. The van der Waals surface area contributed by atoms with Gasteiger partial charge in [0.15, 0.2) is 0 Å². The molecule has 0 amide bonds. The zero-order valence-corrected chi connectivity index (χ0v) is 7.91. The van der Waals surface area contributed by atoms with Gasteiger partial charge in [0.2, 0.25) is 11.7 Å². The van der Waals surface area contributed by atoms with E-state index in [0.29, 0.717) is 11.7 Å². The van der Waals surface area contributed by atoms with Crippen LogP contribution < -0.4 is 0 Å². The van der Waals surface area contributed by atoms with Gasteiger partial charge in [-0.25, -0.2) is 4.39 Å². The summed E-state index contributed by atoms with van der Waals surface area (Å²) in [5.41, 5.74) is 1.59. The Hall–Kier alpha value is -1.71. The van der Waals surface area contributed by atoms with Crippen molar-refractivity contribution in [2.24, 2.45) is 0 Å². The van der Waals surface area contributed by atoms with E-state index in [1.807, 2.05) is 6.92 Å². The van der Waals surface area contributed by atoms with Gasteiger partial charge in [-0.3, -0.25) is 0 Å². The molecule has 1 heterocycles. The molecule has 1 aromatic carbocycles. The third-order valence-electron chi connectivity index (χ3n) is 1.96. The monoisotopic (exact) mass is 192 g/mol. The number of rotatable bonds is 1. The largest absolute Gasteiger partial charge is 0.339 e. The minimum absolute atomic E-state index is 0.258. The summed E-state index contributed by atoms with van der Waals surface area (Å²) in [6, 6.07) is 4.48. The molecule has 2 rings (SSSR count). The summed E-state index contributed by atoms with van der Waals surface area (Å²) in [6.45, 7) is 3.53. The van der Waals surface area contributed by atoms with E-state index in [1.54, 1.807) is 13.0 Å². The maximum absolute atomic E-state index is 12.8. The lowest BCUT2D eigenvalue weighted by Crippen LogP contribution is -1.86. The van der Waals surface area contributed by atoms with E-state index in [4.69, 9.17) is 4.52 Å². The van der Waals surface area contributed by atoms with Crippen LogP contribution in [0.3, 0.4) is 0 Å². The molecule has 0 bridgehead atoms. The van der Waals surface area contributed by atoms with Crippen molar-refractivity contribution in [3.8, 4) is 11.4 Å². The summed E-state index contributed by atoms with van der Waals surface area (Å²) in [7, 11) is 0. The lowest BCUT2D eigenvalue weighted by Gasteiger charge is -1.99. The molecule has 0 aliphatic carbocycles. The fourth-order valence-corrected chi connectivity index (χ4v) is 1.29. The van der Waals surface area contributed by atoms with Gasteiger partial charge in [-0.05, 0) is 30.7 Å². The topological polar surface area (TPSA) is 38.9 Å². The van der Waals surface area contributed by atoms with Crippen LogP contribution in [0.2, 0.25) is 0 Å². The highest BCUT2D eigenvalue weighted by molar-refractivity contribution is 5.59. The zero-order valence-electron chi connectivity index (χ0n) is 7.91. The summed E-state index contributed by atoms with van der Waals surface area (Å²) in [6.07, 6.45) is 0. The lowest BCUT2D eigenvalue weighted by atomic mass is 10.1. The molecule has 3 nitrogen and oxygen atoms in total. The minimum atomic E-state index is -0.258. The third-order valence-corrected chi connectivity index (χ3v) is 1.96. The van der Waals surface area contributed by atoms with Crippen LogP contribution >= 0.6 is 0 Å². The van der Waals surface area contributed by atoms with Gasteiger partial charge in [0, 0.05) is 12.5 Å². The predicted molar refractivity (Wildman–Crippen MR) is 49.2 cm³/mol. The molecule has 72 valence electrons. The predicted octanol–water partition coefficient (Wildman–Crippen LogP) is 2.49. The molecule has 0 saturated carbocycles. The van der Waals surface area contributed by atoms with Gasteiger partial charge >= 0.3 is 0 Å². The summed E-state index contributed by atoms with van der Waals surface area (Å²) in [5.74, 6) is 0.746. The molecule has 0 unspecified atom stereocenters. The van der Waals surface area contributed by atoms with Gasteiger partial charge in [0.05, 0.1) is 0 Å². The molecular formula is C10H9FN2O.